The molecule has 0 unspecified atom stereocenters. The number of nitriles is 2. The number of hydrogen-bond donors (Lipinski definition) is 0. The van der Waals surface area contributed by atoms with Gasteiger partial charge < -0.3 is 0 Å². The fourth-order valence-electron chi connectivity index (χ4n) is 1.44. The standard InChI is InChI=1S/C13H6FN3/c14-13-4-10(1-2-11(13)6-16)12-3-9(5-15)7-17-8-12/h1-4,7-8H. The molecule has 1 aromatic carbocycles. The van der Waals surface area contributed by atoms with Crippen molar-refractivity contribution in [2.24, 2.45) is 0 Å². The Morgan fingerprint density at radius 2 is 1.82 bits per heavy atom. The molecule has 0 radical (unpaired) electrons. The Morgan fingerprint density at radius 3 is 2.47 bits per heavy atom. The highest BCUT2D eigenvalue weighted by atomic mass is 19.1. The molecule has 0 bridgehead atoms. The first kappa shape index (κ1) is 10.8. The summed E-state index contributed by atoms with van der Waals surface area (Å²) < 4.78 is 13.4. The molecule has 2 rings (SSSR count). The van der Waals surface area contributed by atoms with Gasteiger partial charge in [0.1, 0.15) is 18.0 Å². The van der Waals surface area contributed by atoms with Gasteiger partial charge in [0.25, 0.3) is 0 Å². The molecule has 1 aromatic heterocycles. The van der Waals surface area contributed by atoms with E-state index in [1.54, 1.807) is 24.4 Å². The van der Waals surface area contributed by atoms with Gasteiger partial charge in [0.2, 0.25) is 0 Å². The van der Waals surface area contributed by atoms with Crippen molar-refractivity contribution in [2.75, 3.05) is 0 Å². The summed E-state index contributed by atoms with van der Waals surface area (Å²) in [5.74, 6) is -0.577. The molecule has 0 N–H and O–H groups in total. The SMILES string of the molecule is N#Cc1cncc(-c2ccc(C#N)c(F)c2)c1. The Morgan fingerprint density at radius 1 is 1.00 bits per heavy atom. The zero-order valence-corrected chi connectivity index (χ0v) is 8.68. The molecule has 0 aliphatic heterocycles. The highest BCUT2D eigenvalue weighted by molar-refractivity contribution is 5.65. The van der Waals surface area contributed by atoms with Crippen LogP contribution in [-0.2, 0) is 0 Å². The van der Waals surface area contributed by atoms with Crippen LogP contribution in [0.4, 0.5) is 4.39 Å². The predicted octanol–water partition coefficient (Wildman–Crippen LogP) is 2.63. The van der Waals surface area contributed by atoms with E-state index in [2.05, 4.69) is 4.98 Å². The Balaban J connectivity index is 2.51. The van der Waals surface area contributed by atoms with Gasteiger partial charge >= 0.3 is 0 Å². The fourth-order valence-corrected chi connectivity index (χ4v) is 1.44. The molecule has 4 heteroatoms. The van der Waals surface area contributed by atoms with Crippen molar-refractivity contribution in [1.29, 1.82) is 10.5 Å². The van der Waals surface area contributed by atoms with Crippen molar-refractivity contribution in [3.05, 3.63) is 53.6 Å². The monoisotopic (exact) mass is 223 g/mol. The number of nitrogens with zero attached hydrogens (tertiary/aromatic N) is 3. The van der Waals surface area contributed by atoms with E-state index in [1.807, 2.05) is 6.07 Å². The smallest absolute Gasteiger partial charge is 0.141 e. The van der Waals surface area contributed by atoms with Crippen molar-refractivity contribution < 1.29 is 4.39 Å². The van der Waals surface area contributed by atoms with Crippen LogP contribution in [0.1, 0.15) is 11.1 Å². The van der Waals surface area contributed by atoms with Gasteiger partial charge in [0, 0.05) is 18.0 Å². The molecule has 0 atom stereocenters. The van der Waals surface area contributed by atoms with Gasteiger partial charge in [-0.05, 0) is 23.8 Å². The molecule has 0 amide bonds. The van der Waals surface area contributed by atoms with Crippen LogP contribution in [0.5, 0.6) is 0 Å². The van der Waals surface area contributed by atoms with Crippen LogP contribution in [0.2, 0.25) is 0 Å². The molecule has 1 heterocycles. The fraction of sp³-hybridized carbons (Fsp3) is 0. The van der Waals surface area contributed by atoms with Crippen LogP contribution in [0, 0.1) is 28.5 Å². The minimum Gasteiger partial charge on any atom is -0.263 e. The van der Waals surface area contributed by atoms with Gasteiger partial charge in [-0.3, -0.25) is 4.98 Å². The van der Waals surface area contributed by atoms with Crippen molar-refractivity contribution in [2.45, 2.75) is 0 Å². The highest BCUT2D eigenvalue weighted by Gasteiger charge is 2.05. The Bertz CT molecular complexity index is 650. The van der Waals surface area contributed by atoms with E-state index in [4.69, 9.17) is 10.5 Å². The molecule has 0 fully saturated rings. The Labute approximate surface area is 97.4 Å². The molecular formula is C13H6FN3. The Kier molecular flexibility index (Phi) is 2.81. The molecule has 0 saturated carbocycles. The van der Waals surface area contributed by atoms with Crippen molar-refractivity contribution >= 4 is 0 Å². The van der Waals surface area contributed by atoms with Gasteiger partial charge in [-0.25, -0.2) is 4.39 Å². The van der Waals surface area contributed by atoms with Crippen molar-refractivity contribution in [1.82, 2.24) is 4.98 Å². The summed E-state index contributed by atoms with van der Waals surface area (Å²) in [7, 11) is 0. The first-order chi connectivity index (χ1) is 8.24. The lowest BCUT2D eigenvalue weighted by Crippen LogP contribution is -1.87. The quantitative estimate of drug-likeness (QED) is 0.746. The normalized spacial score (nSPS) is 9.35. The number of aromatic nitrogens is 1. The van der Waals surface area contributed by atoms with E-state index in [9.17, 15) is 4.39 Å². The zero-order valence-electron chi connectivity index (χ0n) is 8.68. The summed E-state index contributed by atoms with van der Waals surface area (Å²) in [6, 6.07) is 9.63. The average molecular weight is 223 g/mol. The lowest BCUT2D eigenvalue weighted by molar-refractivity contribution is 0.624. The summed E-state index contributed by atoms with van der Waals surface area (Å²) in [5, 5.41) is 17.4. The second-order valence-electron chi connectivity index (χ2n) is 3.38. The molecule has 2 aromatic rings. The summed E-state index contributed by atoms with van der Waals surface area (Å²) >= 11 is 0. The van der Waals surface area contributed by atoms with Crippen molar-refractivity contribution in [3.63, 3.8) is 0 Å². The molecule has 0 saturated heterocycles. The largest absolute Gasteiger partial charge is 0.263 e. The third-order valence-electron chi connectivity index (χ3n) is 2.29. The first-order valence-corrected chi connectivity index (χ1v) is 4.80. The lowest BCUT2D eigenvalue weighted by atomic mass is 10.0. The van der Waals surface area contributed by atoms with E-state index < -0.39 is 5.82 Å². The molecule has 3 nitrogen and oxygen atoms in total. The van der Waals surface area contributed by atoms with Crippen LogP contribution in [0.3, 0.4) is 0 Å². The average Bonchev–Trinajstić information content (AvgIpc) is 2.38. The van der Waals surface area contributed by atoms with Gasteiger partial charge in [0.15, 0.2) is 0 Å². The second-order valence-corrected chi connectivity index (χ2v) is 3.38. The maximum absolute atomic E-state index is 13.4. The van der Waals surface area contributed by atoms with E-state index in [1.165, 1.54) is 18.3 Å². The highest BCUT2D eigenvalue weighted by Crippen LogP contribution is 2.21. The number of benzene rings is 1. The van der Waals surface area contributed by atoms with Crippen LogP contribution in [0.15, 0.2) is 36.7 Å². The molecule has 80 valence electrons. The van der Waals surface area contributed by atoms with Crippen LogP contribution >= 0.6 is 0 Å². The molecule has 0 spiro atoms. The van der Waals surface area contributed by atoms with Crippen LogP contribution in [0.25, 0.3) is 11.1 Å². The minimum atomic E-state index is -0.577. The third kappa shape index (κ3) is 2.11. The second kappa shape index (κ2) is 4.42. The maximum Gasteiger partial charge on any atom is 0.141 e. The number of rotatable bonds is 1. The number of hydrogen-bond acceptors (Lipinski definition) is 3. The summed E-state index contributed by atoms with van der Waals surface area (Å²) in [4.78, 5) is 3.89. The van der Waals surface area contributed by atoms with Crippen LogP contribution < -0.4 is 0 Å². The van der Waals surface area contributed by atoms with E-state index in [0.717, 1.165) is 0 Å². The lowest BCUT2D eigenvalue weighted by Gasteiger charge is -2.02. The maximum atomic E-state index is 13.4. The Hall–Kier alpha value is -2.72. The van der Waals surface area contributed by atoms with Crippen molar-refractivity contribution in [3.8, 4) is 23.3 Å². The summed E-state index contributed by atoms with van der Waals surface area (Å²) in [5.41, 5.74) is 1.64. The van der Waals surface area contributed by atoms with E-state index >= 15 is 0 Å². The minimum absolute atomic E-state index is 0.00172. The molecule has 0 aliphatic rings. The van der Waals surface area contributed by atoms with Gasteiger partial charge in [-0.1, -0.05) is 6.07 Å². The van der Waals surface area contributed by atoms with Crippen LogP contribution in [-0.4, -0.2) is 4.98 Å². The van der Waals surface area contributed by atoms with E-state index in [-0.39, 0.29) is 5.56 Å². The topological polar surface area (TPSA) is 60.5 Å². The number of pyridine rings is 1. The first-order valence-electron chi connectivity index (χ1n) is 4.80. The predicted molar refractivity (Wildman–Crippen MR) is 59.1 cm³/mol. The third-order valence-corrected chi connectivity index (χ3v) is 2.29. The molecule has 17 heavy (non-hydrogen) atoms. The zero-order chi connectivity index (χ0) is 12.3. The van der Waals surface area contributed by atoms with Gasteiger partial charge in [0.05, 0.1) is 11.1 Å². The van der Waals surface area contributed by atoms with Gasteiger partial charge in [-0.2, -0.15) is 10.5 Å². The van der Waals surface area contributed by atoms with Gasteiger partial charge in [-0.15, -0.1) is 0 Å². The summed E-state index contributed by atoms with van der Waals surface area (Å²) in [6.07, 6.45) is 2.98. The molecule has 0 aliphatic carbocycles. The number of halogens is 1. The van der Waals surface area contributed by atoms with E-state index in [0.29, 0.717) is 16.7 Å². The summed E-state index contributed by atoms with van der Waals surface area (Å²) in [6.45, 7) is 0. The molecular weight excluding hydrogens is 217 g/mol.